The molecule has 2 heteroatoms. The lowest BCUT2D eigenvalue weighted by Gasteiger charge is -2.02. The molecule has 1 heterocycles. The van der Waals surface area contributed by atoms with E-state index in [0.29, 0.717) is 0 Å². The number of aryl methyl sites for hydroxylation is 2. The summed E-state index contributed by atoms with van der Waals surface area (Å²) in [5.74, 6) is 1.14. The Hall–Kier alpha value is -0.790. The van der Waals surface area contributed by atoms with Crippen LogP contribution in [-0.4, -0.2) is 9.55 Å². The van der Waals surface area contributed by atoms with Gasteiger partial charge in [-0.3, -0.25) is 0 Å². The third-order valence-corrected chi connectivity index (χ3v) is 2.16. The number of nitrogens with zero attached hydrogens (tertiary/aromatic N) is 2. The standard InChI is InChI=1S/C9H16N2/c1-5-9-7(3)11(6-2)8(4)10-9/h5-6H2,1-4H3. The molecule has 0 aliphatic heterocycles. The highest BCUT2D eigenvalue weighted by Crippen LogP contribution is 2.10. The zero-order valence-corrected chi connectivity index (χ0v) is 7.81. The Kier molecular flexibility index (Phi) is 2.32. The molecule has 62 valence electrons. The summed E-state index contributed by atoms with van der Waals surface area (Å²) in [6.07, 6.45) is 1.04. The summed E-state index contributed by atoms with van der Waals surface area (Å²) in [7, 11) is 0. The molecular formula is C9H16N2. The average Bonchev–Trinajstić information content (AvgIpc) is 2.26. The predicted octanol–water partition coefficient (Wildman–Crippen LogP) is 2.08. The quantitative estimate of drug-likeness (QED) is 0.634. The van der Waals surface area contributed by atoms with Crippen molar-refractivity contribution in [3.05, 3.63) is 17.2 Å². The lowest BCUT2D eigenvalue weighted by Crippen LogP contribution is -1.99. The van der Waals surface area contributed by atoms with Crippen LogP contribution >= 0.6 is 0 Å². The van der Waals surface area contributed by atoms with Gasteiger partial charge in [0.05, 0.1) is 5.69 Å². The van der Waals surface area contributed by atoms with E-state index in [-0.39, 0.29) is 0 Å². The van der Waals surface area contributed by atoms with Crippen LogP contribution in [0.4, 0.5) is 0 Å². The van der Waals surface area contributed by atoms with Crippen LogP contribution in [0.15, 0.2) is 0 Å². The third-order valence-electron chi connectivity index (χ3n) is 2.16. The second kappa shape index (κ2) is 3.07. The SMILES string of the molecule is CCc1nc(C)n(CC)c1C. The van der Waals surface area contributed by atoms with Crippen LogP contribution in [-0.2, 0) is 13.0 Å². The maximum atomic E-state index is 4.46. The van der Waals surface area contributed by atoms with Gasteiger partial charge in [-0.1, -0.05) is 6.92 Å². The average molecular weight is 152 g/mol. The highest BCUT2D eigenvalue weighted by molar-refractivity contribution is 5.14. The number of aromatic nitrogens is 2. The highest BCUT2D eigenvalue weighted by Gasteiger charge is 2.06. The molecule has 0 bridgehead atoms. The van der Waals surface area contributed by atoms with Crippen LogP contribution < -0.4 is 0 Å². The second-order valence-corrected chi connectivity index (χ2v) is 2.79. The van der Waals surface area contributed by atoms with Crippen molar-refractivity contribution in [2.45, 2.75) is 40.7 Å². The van der Waals surface area contributed by atoms with Gasteiger partial charge in [0.25, 0.3) is 0 Å². The summed E-state index contributed by atoms with van der Waals surface area (Å²) in [5.41, 5.74) is 2.57. The Morgan fingerprint density at radius 1 is 1.27 bits per heavy atom. The lowest BCUT2D eigenvalue weighted by atomic mass is 10.3. The second-order valence-electron chi connectivity index (χ2n) is 2.79. The van der Waals surface area contributed by atoms with Gasteiger partial charge in [0.1, 0.15) is 5.82 Å². The minimum Gasteiger partial charge on any atom is -0.333 e. The fourth-order valence-electron chi connectivity index (χ4n) is 1.54. The fourth-order valence-corrected chi connectivity index (χ4v) is 1.54. The normalized spacial score (nSPS) is 10.5. The fraction of sp³-hybridized carbons (Fsp3) is 0.667. The van der Waals surface area contributed by atoms with Crippen molar-refractivity contribution in [1.29, 1.82) is 0 Å². The Morgan fingerprint density at radius 3 is 2.18 bits per heavy atom. The summed E-state index contributed by atoms with van der Waals surface area (Å²) in [6.45, 7) is 9.54. The molecular weight excluding hydrogens is 136 g/mol. The summed E-state index contributed by atoms with van der Waals surface area (Å²) in [5, 5.41) is 0. The molecule has 11 heavy (non-hydrogen) atoms. The summed E-state index contributed by atoms with van der Waals surface area (Å²) in [6, 6.07) is 0. The third kappa shape index (κ3) is 1.30. The minimum atomic E-state index is 1.03. The van der Waals surface area contributed by atoms with E-state index in [0.717, 1.165) is 18.8 Å². The van der Waals surface area contributed by atoms with E-state index in [2.05, 4.69) is 37.2 Å². The summed E-state index contributed by atoms with van der Waals surface area (Å²) >= 11 is 0. The van der Waals surface area contributed by atoms with Gasteiger partial charge < -0.3 is 4.57 Å². The van der Waals surface area contributed by atoms with Crippen molar-refractivity contribution in [2.24, 2.45) is 0 Å². The zero-order valence-electron chi connectivity index (χ0n) is 7.81. The van der Waals surface area contributed by atoms with Crippen molar-refractivity contribution in [1.82, 2.24) is 9.55 Å². The van der Waals surface area contributed by atoms with Gasteiger partial charge in [-0.25, -0.2) is 4.98 Å². The number of imidazole rings is 1. The molecule has 0 saturated carbocycles. The van der Waals surface area contributed by atoms with Gasteiger partial charge in [0.15, 0.2) is 0 Å². The number of hydrogen-bond donors (Lipinski definition) is 0. The van der Waals surface area contributed by atoms with Crippen molar-refractivity contribution in [3.8, 4) is 0 Å². The molecule has 0 N–H and O–H groups in total. The van der Waals surface area contributed by atoms with E-state index in [1.165, 1.54) is 11.4 Å². The first-order valence-electron chi connectivity index (χ1n) is 4.23. The maximum Gasteiger partial charge on any atom is 0.106 e. The van der Waals surface area contributed by atoms with Crippen LogP contribution in [0, 0.1) is 13.8 Å². The molecule has 0 radical (unpaired) electrons. The first-order chi connectivity index (χ1) is 5.20. The zero-order chi connectivity index (χ0) is 8.43. The van der Waals surface area contributed by atoms with Crippen molar-refractivity contribution in [2.75, 3.05) is 0 Å². The van der Waals surface area contributed by atoms with E-state index in [1.54, 1.807) is 0 Å². The Morgan fingerprint density at radius 2 is 1.91 bits per heavy atom. The van der Waals surface area contributed by atoms with Crippen molar-refractivity contribution < 1.29 is 0 Å². The molecule has 0 aliphatic carbocycles. The molecule has 0 unspecified atom stereocenters. The molecule has 1 rings (SSSR count). The minimum absolute atomic E-state index is 1.03. The molecule has 0 amide bonds. The van der Waals surface area contributed by atoms with E-state index >= 15 is 0 Å². The molecule has 2 nitrogen and oxygen atoms in total. The summed E-state index contributed by atoms with van der Waals surface area (Å²) in [4.78, 5) is 4.46. The van der Waals surface area contributed by atoms with Gasteiger partial charge in [-0.05, 0) is 27.2 Å². The van der Waals surface area contributed by atoms with E-state index in [4.69, 9.17) is 0 Å². The molecule has 1 aromatic heterocycles. The highest BCUT2D eigenvalue weighted by atomic mass is 15.1. The topological polar surface area (TPSA) is 17.8 Å². The summed E-state index contributed by atoms with van der Waals surface area (Å²) < 4.78 is 2.25. The van der Waals surface area contributed by atoms with E-state index < -0.39 is 0 Å². The molecule has 0 fully saturated rings. The van der Waals surface area contributed by atoms with Crippen molar-refractivity contribution >= 4 is 0 Å². The van der Waals surface area contributed by atoms with Gasteiger partial charge in [-0.15, -0.1) is 0 Å². The van der Waals surface area contributed by atoms with Gasteiger partial charge in [-0.2, -0.15) is 0 Å². The predicted molar refractivity (Wildman–Crippen MR) is 46.8 cm³/mol. The number of rotatable bonds is 2. The largest absolute Gasteiger partial charge is 0.333 e. The lowest BCUT2D eigenvalue weighted by molar-refractivity contribution is 0.707. The van der Waals surface area contributed by atoms with Crippen LogP contribution in [0.2, 0.25) is 0 Å². The Bertz CT molecular complexity index is 248. The Labute approximate surface area is 68.3 Å². The molecule has 0 atom stereocenters. The molecule has 0 saturated heterocycles. The van der Waals surface area contributed by atoms with Gasteiger partial charge in [0.2, 0.25) is 0 Å². The van der Waals surface area contributed by atoms with E-state index in [9.17, 15) is 0 Å². The van der Waals surface area contributed by atoms with Crippen LogP contribution in [0.5, 0.6) is 0 Å². The van der Waals surface area contributed by atoms with Crippen LogP contribution in [0.1, 0.15) is 31.1 Å². The first kappa shape index (κ1) is 8.31. The van der Waals surface area contributed by atoms with Gasteiger partial charge in [0, 0.05) is 12.2 Å². The monoisotopic (exact) mass is 152 g/mol. The smallest absolute Gasteiger partial charge is 0.106 e. The van der Waals surface area contributed by atoms with Crippen molar-refractivity contribution in [3.63, 3.8) is 0 Å². The Balaban J connectivity index is 3.14. The maximum absolute atomic E-state index is 4.46. The molecule has 0 spiro atoms. The first-order valence-corrected chi connectivity index (χ1v) is 4.23. The van der Waals surface area contributed by atoms with Crippen LogP contribution in [0.25, 0.3) is 0 Å². The molecule has 0 aromatic carbocycles. The van der Waals surface area contributed by atoms with E-state index in [1.807, 2.05) is 0 Å². The number of hydrogen-bond acceptors (Lipinski definition) is 1. The molecule has 1 aromatic rings. The van der Waals surface area contributed by atoms with Crippen LogP contribution in [0.3, 0.4) is 0 Å². The van der Waals surface area contributed by atoms with Gasteiger partial charge >= 0.3 is 0 Å². The molecule has 0 aliphatic rings.